The van der Waals surface area contributed by atoms with Crippen molar-refractivity contribution in [1.29, 1.82) is 0 Å². The first-order valence-corrected chi connectivity index (χ1v) is 10.4. The largest absolute Gasteiger partial charge is 0.416 e. The van der Waals surface area contributed by atoms with Gasteiger partial charge in [0.2, 0.25) is 5.89 Å². The maximum atomic E-state index is 12.8. The Morgan fingerprint density at radius 3 is 2.41 bits per heavy atom. The van der Waals surface area contributed by atoms with Crippen LogP contribution in [0.1, 0.15) is 45.9 Å². The van der Waals surface area contributed by atoms with Crippen molar-refractivity contribution in [3.05, 3.63) is 53.4 Å². The molecule has 0 bridgehead atoms. The van der Waals surface area contributed by atoms with Gasteiger partial charge >= 0.3 is 0 Å². The second kappa shape index (κ2) is 8.50. The molecule has 0 fully saturated rings. The van der Waals surface area contributed by atoms with Crippen LogP contribution >= 0.6 is 11.8 Å². The third-order valence-corrected chi connectivity index (χ3v) is 5.58. The van der Waals surface area contributed by atoms with E-state index < -0.39 is 0 Å². The van der Waals surface area contributed by atoms with Crippen molar-refractivity contribution in [2.75, 3.05) is 12.3 Å². The van der Waals surface area contributed by atoms with Gasteiger partial charge in [0, 0.05) is 29.5 Å². The number of unbranched alkanes of at least 4 members (excludes halogenated alkanes) is 2. The number of thioether (sulfide) groups is 1. The molecular weight excluding hydrogens is 386 g/mol. The van der Waals surface area contributed by atoms with Crippen LogP contribution in [0.4, 0.5) is 0 Å². The zero-order chi connectivity index (χ0) is 20.2. The molecule has 1 aliphatic rings. The van der Waals surface area contributed by atoms with Crippen LogP contribution in [0, 0.1) is 12.3 Å². The lowest BCUT2D eigenvalue weighted by molar-refractivity contribution is 0.0607. The predicted molar refractivity (Wildman–Crippen MR) is 111 cm³/mol. The van der Waals surface area contributed by atoms with Crippen LogP contribution in [0.3, 0.4) is 0 Å². The maximum absolute atomic E-state index is 12.8. The average molecular weight is 405 g/mol. The molecule has 0 unspecified atom stereocenters. The van der Waals surface area contributed by atoms with Crippen LogP contribution in [0.5, 0.6) is 0 Å². The fourth-order valence-corrected chi connectivity index (χ4v) is 3.97. The lowest BCUT2D eigenvalue weighted by Gasteiger charge is -2.27. The van der Waals surface area contributed by atoms with E-state index in [-0.39, 0.29) is 11.8 Å². The minimum Gasteiger partial charge on any atom is -0.416 e. The third kappa shape index (κ3) is 3.89. The molecule has 4 rings (SSSR count). The van der Waals surface area contributed by atoms with Gasteiger partial charge in [-0.25, -0.2) is 0 Å². The van der Waals surface area contributed by atoms with Gasteiger partial charge in [-0.3, -0.25) is 14.5 Å². The standard InChI is InChI=1S/C22H19N3O3S/c1-2-14-29-22-24-23-18(28-22)12-4-3-5-13-25-20(26)16-10-6-8-15-9-7-11-17(19(15)16)21(25)27/h1,6-11H,3-5,12-14H2. The summed E-state index contributed by atoms with van der Waals surface area (Å²) < 4.78 is 5.51. The number of hydrogen-bond acceptors (Lipinski definition) is 6. The molecule has 1 aromatic heterocycles. The van der Waals surface area contributed by atoms with Gasteiger partial charge in [0.05, 0.1) is 5.75 Å². The highest BCUT2D eigenvalue weighted by atomic mass is 32.2. The number of aryl methyl sites for hydroxylation is 1. The molecule has 2 amide bonds. The molecule has 2 aromatic carbocycles. The Hall–Kier alpha value is -3.11. The summed E-state index contributed by atoms with van der Waals surface area (Å²) in [5.74, 6) is 3.15. The molecule has 6 nitrogen and oxygen atoms in total. The highest BCUT2D eigenvalue weighted by Crippen LogP contribution is 2.30. The molecule has 29 heavy (non-hydrogen) atoms. The molecule has 3 aromatic rings. The zero-order valence-electron chi connectivity index (χ0n) is 15.8. The van der Waals surface area contributed by atoms with E-state index >= 15 is 0 Å². The minimum absolute atomic E-state index is 0.216. The minimum atomic E-state index is -0.216. The SMILES string of the molecule is C#CCSc1nnc(CCCCCN2C(=O)c3cccc4cccc(c34)C2=O)o1. The number of aromatic nitrogens is 2. The fraction of sp³-hybridized carbons (Fsp3) is 0.273. The first kappa shape index (κ1) is 19.2. The van der Waals surface area contributed by atoms with Crippen molar-refractivity contribution in [2.45, 2.75) is 30.9 Å². The molecule has 0 saturated heterocycles. The van der Waals surface area contributed by atoms with Gasteiger partial charge in [-0.2, -0.15) is 0 Å². The third-order valence-electron chi connectivity index (χ3n) is 4.86. The number of carbonyl (C=O) groups excluding carboxylic acids is 2. The molecule has 0 saturated carbocycles. The van der Waals surface area contributed by atoms with Crippen molar-refractivity contribution in [1.82, 2.24) is 15.1 Å². The zero-order valence-corrected chi connectivity index (χ0v) is 16.6. The molecule has 0 aliphatic carbocycles. The average Bonchev–Trinajstić information content (AvgIpc) is 3.20. The topological polar surface area (TPSA) is 76.3 Å². The highest BCUT2D eigenvalue weighted by molar-refractivity contribution is 7.99. The molecule has 1 aliphatic heterocycles. The Bertz CT molecular complexity index is 1070. The second-order valence-electron chi connectivity index (χ2n) is 6.74. The van der Waals surface area contributed by atoms with E-state index in [9.17, 15) is 9.59 Å². The van der Waals surface area contributed by atoms with Gasteiger partial charge < -0.3 is 4.42 Å². The van der Waals surface area contributed by atoms with Crippen LogP contribution in [0.15, 0.2) is 46.0 Å². The molecule has 7 heteroatoms. The number of imide groups is 1. The Balaban J connectivity index is 1.33. The maximum Gasteiger partial charge on any atom is 0.277 e. The lowest BCUT2D eigenvalue weighted by atomic mass is 9.94. The summed E-state index contributed by atoms with van der Waals surface area (Å²) in [5.41, 5.74) is 1.20. The van der Waals surface area contributed by atoms with Crippen molar-refractivity contribution in [3.8, 4) is 12.3 Å². The summed E-state index contributed by atoms with van der Waals surface area (Å²) in [6.07, 6.45) is 8.28. The Labute approximate surface area is 172 Å². The summed E-state index contributed by atoms with van der Waals surface area (Å²) in [4.78, 5) is 27.0. The van der Waals surface area contributed by atoms with Crippen molar-refractivity contribution < 1.29 is 14.0 Å². The van der Waals surface area contributed by atoms with Crippen LogP contribution in [-0.2, 0) is 6.42 Å². The number of benzene rings is 2. The van der Waals surface area contributed by atoms with Crippen molar-refractivity contribution >= 4 is 34.3 Å². The summed E-state index contributed by atoms with van der Waals surface area (Å²) in [6, 6.07) is 11.1. The van der Waals surface area contributed by atoms with E-state index in [1.165, 1.54) is 16.7 Å². The smallest absolute Gasteiger partial charge is 0.277 e. The van der Waals surface area contributed by atoms with Gasteiger partial charge in [-0.15, -0.1) is 16.6 Å². The van der Waals surface area contributed by atoms with E-state index in [0.29, 0.717) is 41.0 Å². The predicted octanol–water partition coefficient (Wildman–Crippen LogP) is 3.96. The van der Waals surface area contributed by atoms with E-state index in [1.54, 1.807) is 12.1 Å². The molecule has 2 heterocycles. The van der Waals surface area contributed by atoms with Gasteiger partial charge in [-0.1, -0.05) is 48.4 Å². The number of carbonyl (C=O) groups is 2. The van der Waals surface area contributed by atoms with Gasteiger partial charge in [0.1, 0.15) is 0 Å². The molecule has 0 radical (unpaired) electrons. The van der Waals surface area contributed by atoms with Crippen molar-refractivity contribution in [3.63, 3.8) is 0 Å². The first-order chi connectivity index (χ1) is 14.2. The van der Waals surface area contributed by atoms with E-state index in [2.05, 4.69) is 16.1 Å². The van der Waals surface area contributed by atoms with Gasteiger partial charge in [-0.05, 0) is 30.4 Å². The molecule has 0 spiro atoms. The number of amides is 2. The second-order valence-corrected chi connectivity index (χ2v) is 7.66. The van der Waals surface area contributed by atoms with E-state index in [0.717, 1.165) is 30.0 Å². The summed E-state index contributed by atoms with van der Waals surface area (Å²) in [5, 5.41) is 10.1. The monoisotopic (exact) mass is 405 g/mol. The Kier molecular flexibility index (Phi) is 5.63. The molecule has 0 N–H and O–H groups in total. The van der Waals surface area contributed by atoms with Crippen LogP contribution in [-0.4, -0.2) is 39.2 Å². The molecule has 0 atom stereocenters. The summed E-state index contributed by atoms with van der Waals surface area (Å²) in [6.45, 7) is 0.398. The molecular formula is C22H19N3O3S. The number of nitrogens with zero attached hydrogens (tertiary/aromatic N) is 3. The van der Waals surface area contributed by atoms with Crippen LogP contribution in [0.25, 0.3) is 10.8 Å². The Morgan fingerprint density at radius 1 is 1.00 bits per heavy atom. The van der Waals surface area contributed by atoms with Crippen LogP contribution in [0.2, 0.25) is 0 Å². The summed E-state index contributed by atoms with van der Waals surface area (Å²) in [7, 11) is 0. The highest BCUT2D eigenvalue weighted by Gasteiger charge is 2.31. The van der Waals surface area contributed by atoms with Crippen LogP contribution < -0.4 is 0 Å². The van der Waals surface area contributed by atoms with E-state index in [1.807, 2.05) is 24.3 Å². The van der Waals surface area contributed by atoms with E-state index in [4.69, 9.17) is 10.8 Å². The Morgan fingerprint density at radius 2 is 1.72 bits per heavy atom. The molecule has 146 valence electrons. The van der Waals surface area contributed by atoms with Gasteiger partial charge in [0.15, 0.2) is 0 Å². The quantitative estimate of drug-likeness (QED) is 0.244. The van der Waals surface area contributed by atoms with Crippen molar-refractivity contribution in [2.24, 2.45) is 0 Å². The van der Waals surface area contributed by atoms with Gasteiger partial charge in [0.25, 0.3) is 17.0 Å². The number of rotatable bonds is 8. The fourth-order valence-electron chi connectivity index (χ4n) is 3.51. The first-order valence-electron chi connectivity index (χ1n) is 9.45. The summed E-state index contributed by atoms with van der Waals surface area (Å²) >= 11 is 1.34. The normalized spacial score (nSPS) is 13.1. The number of terminal acetylenes is 1. The number of hydrogen-bond donors (Lipinski definition) is 0. The lowest BCUT2D eigenvalue weighted by Crippen LogP contribution is -2.40.